The fourth-order valence-electron chi connectivity index (χ4n) is 2.56. The van der Waals surface area contributed by atoms with Gasteiger partial charge in [-0.15, -0.1) is 0 Å². The van der Waals surface area contributed by atoms with Gasteiger partial charge >= 0.3 is 0 Å². The summed E-state index contributed by atoms with van der Waals surface area (Å²) in [5, 5.41) is 3.45. The predicted octanol–water partition coefficient (Wildman–Crippen LogP) is 4.31. The highest BCUT2D eigenvalue weighted by molar-refractivity contribution is 6.09. The van der Waals surface area contributed by atoms with Crippen LogP contribution in [-0.2, 0) is 6.42 Å². The van der Waals surface area contributed by atoms with Crippen molar-refractivity contribution < 1.29 is 0 Å². The highest BCUT2D eigenvalue weighted by Gasteiger charge is 2.06. The molecule has 0 bridgehead atoms. The Bertz CT molecular complexity index is 732. The van der Waals surface area contributed by atoms with E-state index in [0.717, 1.165) is 17.3 Å². The predicted molar refractivity (Wildman–Crippen MR) is 82.3 cm³/mol. The fourth-order valence-corrected chi connectivity index (χ4v) is 2.56. The van der Waals surface area contributed by atoms with Gasteiger partial charge in [-0.2, -0.15) is 0 Å². The molecule has 0 fully saturated rings. The number of nitrogens with two attached hydrogens (primary N) is 1. The Labute approximate surface area is 113 Å². The smallest absolute Gasteiger partial charge is 0.131 e. The van der Waals surface area contributed by atoms with Crippen molar-refractivity contribution in [1.29, 1.82) is 0 Å². The second-order valence-electron chi connectivity index (χ2n) is 5.00. The number of rotatable bonds is 3. The van der Waals surface area contributed by atoms with E-state index >= 15 is 0 Å². The monoisotopic (exact) mass is 250 g/mol. The third-order valence-corrected chi connectivity index (χ3v) is 3.61. The molecule has 0 atom stereocenters. The maximum Gasteiger partial charge on any atom is 0.131 e. The zero-order valence-corrected chi connectivity index (χ0v) is 11.2. The van der Waals surface area contributed by atoms with E-state index in [9.17, 15) is 0 Å². The van der Waals surface area contributed by atoms with Gasteiger partial charge in [-0.25, -0.2) is 4.98 Å². The van der Waals surface area contributed by atoms with Crippen LogP contribution in [0.25, 0.3) is 21.7 Å². The molecule has 0 amide bonds. The van der Waals surface area contributed by atoms with E-state index in [2.05, 4.69) is 42.2 Å². The van der Waals surface area contributed by atoms with E-state index in [0.29, 0.717) is 5.82 Å². The highest BCUT2D eigenvalue weighted by Crippen LogP contribution is 2.28. The van der Waals surface area contributed by atoms with Gasteiger partial charge in [-0.1, -0.05) is 43.7 Å². The first-order valence-corrected chi connectivity index (χ1v) is 6.86. The van der Waals surface area contributed by atoms with Crippen molar-refractivity contribution in [2.45, 2.75) is 26.2 Å². The molecule has 19 heavy (non-hydrogen) atoms. The number of aromatic nitrogens is 1. The Kier molecular flexibility index (Phi) is 3.08. The third-order valence-electron chi connectivity index (χ3n) is 3.61. The Morgan fingerprint density at radius 1 is 1.00 bits per heavy atom. The van der Waals surface area contributed by atoms with Gasteiger partial charge in [0.05, 0.1) is 5.52 Å². The topological polar surface area (TPSA) is 38.9 Å². The van der Waals surface area contributed by atoms with E-state index in [4.69, 9.17) is 5.73 Å². The first kappa shape index (κ1) is 12.0. The molecule has 2 aromatic carbocycles. The van der Waals surface area contributed by atoms with Crippen LogP contribution in [0.4, 0.5) is 5.82 Å². The molecular weight excluding hydrogens is 232 g/mol. The summed E-state index contributed by atoms with van der Waals surface area (Å²) in [5.74, 6) is 0.615. The minimum atomic E-state index is 0.615. The summed E-state index contributed by atoms with van der Waals surface area (Å²) >= 11 is 0. The summed E-state index contributed by atoms with van der Waals surface area (Å²) in [6, 6.07) is 14.7. The van der Waals surface area contributed by atoms with Crippen molar-refractivity contribution in [3.63, 3.8) is 0 Å². The number of aryl methyl sites for hydroxylation is 1. The van der Waals surface area contributed by atoms with E-state index in [1.807, 2.05) is 12.1 Å². The lowest BCUT2D eigenvalue weighted by Crippen LogP contribution is -1.94. The maximum atomic E-state index is 6.03. The van der Waals surface area contributed by atoms with Gasteiger partial charge in [0.25, 0.3) is 0 Å². The number of benzene rings is 2. The largest absolute Gasteiger partial charge is 0.383 e. The Morgan fingerprint density at radius 2 is 1.79 bits per heavy atom. The summed E-state index contributed by atoms with van der Waals surface area (Å²) < 4.78 is 0. The molecule has 1 heterocycles. The molecule has 0 saturated carbocycles. The summed E-state index contributed by atoms with van der Waals surface area (Å²) in [5.41, 5.74) is 8.39. The number of nitrogen functional groups attached to an aromatic ring is 1. The van der Waals surface area contributed by atoms with Gasteiger partial charge in [-0.05, 0) is 35.9 Å². The average Bonchev–Trinajstić information content (AvgIpc) is 2.46. The van der Waals surface area contributed by atoms with E-state index in [1.54, 1.807) is 0 Å². The van der Waals surface area contributed by atoms with Crippen LogP contribution in [0.3, 0.4) is 0 Å². The Morgan fingerprint density at radius 3 is 2.58 bits per heavy atom. The van der Waals surface area contributed by atoms with Gasteiger partial charge in [0.1, 0.15) is 5.82 Å². The van der Waals surface area contributed by atoms with Crippen LogP contribution in [0, 0.1) is 0 Å². The number of nitrogens with zero attached hydrogens (tertiary/aromatic N) is 1. The molecule has 3 rings (SSSR count). The van der Waals surface area contributed by atoms with Crippen molar-refractivity contribution in [1.82, 2.24) is 4.98 Å². The molecule has 2 nitrogen and oxygen atoms in total. The van der Waals surface area contributed by atoms with Crippen LogP contribution < -0.4 is 5.73 Å². The van der Waals surface area contributed by atoms with Gasteiger partial charge in [0.2, 0.25) is 0 Å². The minimum absolute atomic E-state index is 0.615. The van der Waals surface area contributed by atoms with Gasteiger partial charge in [-0.3, -0.25) is 0 Å². The third kappa shape index (κ3) is 2.14. The van der Waals surface area contributed by atoms with Crippen LogP contribution in [0.2, 0.25) is 0 Å². The van der Waals surface area contributed by atoms with Gasteiger partial charge in [0, 0.05) is 10.8 Å². The Hall–Kier alpha value is -2.09. The lowest BCUT2D eigenvalue weighted by molar-refractivity contribution is 0.796. The van der Waals surface area contributed by atoms with E-state index in [1.165, 1.54) is 29.2 Å². The van der Waals surface area contributed by atoms with E-state index in [-0.39, 0.29) is 0 Å². The maximum absolute atomic E-state index is 6.03. The minimum Gasteiger partial charge on any atom is -0.383 e. The molecule has 1 aromatic heterocycles. The van der Waals surface area contributed by atoms with Crippen molar-refractivity contribution in [2.75, 3.05) is 5.73 Å². The molecule has 2 N–H and O–H groups in total. The normalized spacial score (nSPS) is 11.2. The summed E-state index contributed by atoms with van der Waals surface area (Å²) in [6.07, 6.45) is 3.58. The van der Waals surface area contributed by atoms with Gasteiger partial charge < -0.3 is 5.73 Å². The zero-order valence-electron chi connectivity index (χ0n) is 11.2. The first-order chi connectivity index (χ1) is 9.29. The molecule has 0 aliphatic rings. The molecule has 0 aliphatic heterocycles. The zero-order chi connectivity index (χ0) is 13.2. The molecule has 3 aromatic rings. The van der Waals surface area contributed by atoms with Crippen LogP contribution in [0.5, 0.6) is 0 Å². The number of hydrogen-bond acceptors (Lipinski definition) is 2. The van der Waals surface area contributed by atoms with E-state index < -0.39 is 0 Å². The molecular formula is C17H18N2. The van der Waals surface area contributed by atoms with Crippen LogP contribution in [0.1, 0.15) is 25.3 Å². The lowest BCUT2D eigenvalue weighted by Gasteiger charge is -2.08. The van der Waals surface area contributed by atoms with Crippen molar-refractivity contribution in [3.05, 3.63) is 48.0 Å². The highest BCUT2D eigenvalue weighted by atomic mass is 14.8. The van der Waals surface area contributed by atoms with Crippen LogP contribution in [-0.4, -0.2) is 4.98 Å². The number of anilines is 1. The standard InChI is InChI=1S/C17H18N2/c1-2-3-6-12-9-10-16-15(11-12)13-7-4-5-8-14(13)17(18)19-16/h4-5,7-11H,2-3,6H2,1H3,(H2,18,19). The van der Waals surface area contributed by atoms with Crippen LogP contribution in [0.15, 0.2) is 42.5 Å². The molecule has 0 unspecified atom stereocenters. The SMILES string of the molecule is CCCCc1ccc2nc(N)c3ccccc3c2c1. The number of fused-ring (bicyclic) bond motifs is 3. The second-order valence-corrected chi connectivity index (χ2v) is 5.00. The lowest BCUT2D eigenvalue weighted by atomic mass is 10.0. The number of unbranched alkanes of at least 4 members (excludes halogenated alkanes) is 1. The van der Waals surface area contributed by atoms with Crippen molar-refractivity contribution in [3.8, 4) is 0 Å². The average molecular weight is 250 g/mol. The molecule has 96 valence electrons. The first-order valence-electron chi connectivity index (χ1n) is 6.86. The quantitative estimate of drug-likeness (QED) is 0.703. The number of pyridine rings is 1. The molecule has 0 aliphatic carbocycles. The molecule has 2 heteroatoms. The molecule has 0 spiro atoms. The van der Waals surface area contributed by atoms with Crippen molar-refractivity contribution in [2.24, 2.45) is 0 Å². The fraction of sp³-hybridized carbons (Fsp3) is 0.235. The summed E-state index contributed by atoms with van der Waals surface area (Å²) in [4.78, 5) is 4.50. The Balaban J connectivity index is 2.25. The van der Waals surface area contributed by atoms with Crippen LogP contribution >= 0.6 is 0 Å². The summed E-state index contributed by atoms with van der Waals surface area (Å²) in [6.45, 7) is 2.22. The molecule has 0 saturated heterocycles. The number of hydrogen-bond donors (Lipinski definition) is 1. The molecule has 0 radical (unpaired) electrons. The second kappa shape index (κ2) is 4.88. The summed E-state index contributed by atoms with van der Waals surface area (Å²) in [7, 11) is 0. The van der Waals surface area contributed by atoms with Crippen molar-refractivity contribution >= 4 is 27.5 Å². The van der Waals surface area contributed by atoms with Gasteiger partial charge in [0.15, 0.2) is 0 Å².